The molecular formula is C30H57N2O7P2+. The minimum Gasteiger partial charge on any atom is -0.330 e. The first-order valence-corrected chi connectivity index (χ1v) is 19.8. The molecule has 0 aromatic heterocycles. The van der Waals surface area contributed by atoms with Gasteiger partial charge in [-0.3, -0.25) is 4.57 Å². The number of nitrogens with one attached hydrogen (secondary N) is 1. The van der Waals surface area contributed by atoms with Crippen molar-refractivity contribution in [3.8, 4) is 0 Å². The van der Waals surface area contributed by atoms with Crippen LogP contribution in [0.5, 0.6) is 0 Å². The molecule has 41 heavy (non-hydrogen) atoms. The molecule has 5 aliphatic carbocycles. The third-order valence-corrected chi connectivity index (χ3v) is 13.0. The lowest BCUT2D eigenvalue weighted by Crippen LogP contribution is -2.59. The molecule has 6 fully saturated rings. The Hall–Kier alpha value is 0.0500. The zero-order valence-corrected chi connectivity index (χ0v) is 27.8. The Bertz CT molecular complexity index is 851. The van der Waals surface area contributed by atoms with Crippen LogP contribution in [0.3, 0.4) is 0 Å². The van der Waals surface area contributed by atoms with Crippen LogP contribution in [0.1, 0.15) is 118 Å². The van der Waals surface area contributed by atoms with E-state index in [0.717, 1.165) is 82.6 Å². The Morgan fingerprint density at radius 2 is 1.51 bits per heavy atom. The van der Waals surface area contributed by atoms with Crippen molar-refractivity contribution in [1.82, 2.24) is 5.09 Å². The summed E-state index contributed by atoms with van der Waals surface area (Å²) in [6.45, 7) is 9.76. The number of ether oxygens (including phenoxy) is 1. The monoisotopic (exact) mass is 619 g/mol. The molecule has 1 aliphatic heterocycles. The maximum absolute atomic E-state index is 13.8. The van der Waals surface area contributed by atoms with Gasteiger partial charge >= 0.3 is 8.03 Å². The lowest BCUT2D eigenvalue weighted by molar-refractivity contribution is -0.391. The summed E-state index contributed by atoms with van der Waals surface area (Å²) in [6.07, 6.45) is 13.2. The van der Waals surface area contributed by atoms with E-state index in [1.165, 1.54) is 6.42 Å². The largest absolute Gasteiger partial charge is 0.508 e. The molecule has 2 spiro atoms. The second kappa shape index (κ2) is 15.4. The molecule has 238 valence electrons. The van der Waals surface area contributed by atoms with E-state index in [2.05, 4.69) is 32.8 Å². The Morgan fingerprint density at radius 1 is 0.878 bits per heavy atom. The predicted octanol–water partition coefficient (Wildman–Crippen LogP) is 7.66. The first-order valence-electron chi connectivity index (χ1n) is 16.6. The number of hydrogen-bond donors (Lipinski definition) is 2. The van der Waals surface area contributed by atoms with Gasteiger partial charge in [-0.05, 0) is 80.7 Å². The zero-order valence-electron chi connectivity index (χ0n) is 26.0. The van der Waals surface area contributed by atoms with Crippen LogP contribution in [-0.2, 0) is 32.7 Å². The van der Waals surface area contributed by atoms with Crippen LogP contribution in [-0.4, -0.2) is 49.2 Å². The molecular weight excluding hydrogens is 562 g/mol. The quantitative estimate of drug-likeness (QED) is 0.149. The summed E-state index contributed by atoms with van der Waals surface area (Å²) in [7, 11) is -4.83. The molecule has 4 unspecified atom stereocenters. The summed E-state index contributed by atoms with van der Waals surface area (Å²) in [6, 6.07) is 0. The molecule has 3 N–H and O–H groups in total. The van der Waals surface area contributed by atoms with Crippen LogP contribution >= 0.6 is 15.5 Å². The van der Waals surface area contributed by atoms with Gasteiger partial charge in [0.2, 0.25) is 11.6 Å². The fourth-order valence-corrected chi connectivity index (χ4v) is 11.2. The smallest absolute Gasteiger partial charge is 0.330 e. The van der Waals surface area contributed by atoms with Gasteiger partial charge in [0.1, 0.15) is 6.10 Å². The van der Waals surface area contributed by atoms with Crippen molar-refractivity contribution in [1.29, 1.82) is 0 Å². The first-order chi connectivity index (χ1) is 19.7. The SMILES string of the molecule is CCCC[P+](=O)OC1CC(OP(=O)(CCCC)NCCC)C[C@@]2(C1)OOC1(O2)C2CC3CC(C2)CC1C3.CCCN. The molecule has 5 saturated carbocycles. The van der Waals surface area contributed by atoms with Gasteiger partial charge in [0.15, 0.2) is 6.16 Å². The maximum Gasteiger partial charge on any atom is 0.508 e. The number of rotatable bonds is 14. The van der Waals surface area contributed by atoms with E-state index in [1.54, 1.807) is 0 Å². The third-order valence-electron chi connectivity index (χ3n) is 9.53. The molecule has 0 aromatic carbocycles. The second-order valence-corrected chi connectivity index (χ2v) is 16.8. The average Bonchev–Trinajstić information content (AvgIpc) is 3.30. The molecule has 1 saturated heterocycles. The van der Waals surface area contributed by atoms with Crippen LogP contribution in [0.15, 0.2) is 0 Å². The van der Waals surface area contributed by atoms with Gasteiger partial charge in [-0.1, -0.05) is 40.5 Å². The van der Waals surface area contributed by atoms with Crippen LogP contribution in [0.2, 0.25) is 0 Å². The fraction of sp³-hybridized carbons (Fsp3) is 1.00. The van der Waals surface area contributed by atoms with E-state index >= 15 is 0 Å². The summed E-state index contributed by atoms with van der Waals surface area (Å²) < 4.78 is 46.0. The topological polar surface area (TPSA) is 118 Å². The lowest BCUT2D eigenvalue weighted by Gasteiger charge is -2.57. The van der Waals surface area contributed by atoms with Gasteiger partial charge in [0.25, 0.3) is 7.52 Å². The fourth-order valence-electron chi connectivity index (χ4n) is 7.72. The van der Waals surface area contributed by atoms with E-state index in [9.17, 15) is 9.13 Å². The van der Waals surface area contributed by atoms with E-state index in [1.807, 2.05) is 0 Å². The molecule has 11 heteroatoms. The first kappa shape index (κ1) is 33.9. The van der Waals surface area contributed by atoms with E-state index in [-0.39, 0.29) is 6.10 Å². The minimum absolute atomic E-state index is 0.354. The highest BCUT2D eigenvalue weighted by molar-refractivity contribution is 7.56. The second-order valence-electron chi connectivity index (χ2n) is 13.2. The van der Waals surface area contributed by atoms with Crippen LogP contribution in [0.25, 0.3) is 0 Å². The molecule has 9 nitrogen and oxygen atoms in total. The Labute approximate surface area is 249 Å². The van der Waals surface area contributed by atoms with Crippen molar-refractivity contribution in [3.05, 3.63) is 0 Å². The van der Waals surface area contributed by atoms with Gasteiger partial charge in [-0.2, -0.15) is 9.78 Å². The zero-order chi connectivity index (χ0) is 29.5. The highest BCUT2D eigenvalue weighted by atomic mass is 31.2. The van der Waals surface area contributed by atoms with E-state index in [4.69, 9.17) is 29.3 Å². The van der Waals surface area contributed by atoms with Crippen molar-refractivity contribution in [2.45, 2.75) is 141 Å². The molecule has 5 atom stereocenters. The van der Waals surface area contributed by atoms with Gasteiger partial charge in [-0.25, -0.2) is 5.09 Å². The highest BCUT2D eigenvalue weighted by Gasteiger charge is 2.68. The van der Waals surface area contributed by atoms with Crippen molar-refractivity contribution < 1.29 is 32.7 Å². The maximum atomic E-state index is 13.8. The van der Waals surface area contributed by atoms with Crippen molar-refractivity contribution in [2.24, 2.45) is 29.4 Å². The molecule has 0 aromatic rings. The summed E-state index contributed by atoms with van der Waals surface area (Å²) in [4.78, 5) is 12.4. The summed E-state index contributed by atoms with van der Waals surface area (Å²) >= 11 is 0. The molecule has 1 heterocycles. The predicted molar refractivity (Wildman–Crippen MR) is 162 cm³/mol. The Balaban J connectivity index is 0.000000909. The van der Waals surface area contributed by atoms with E-state index < -0.39 is 33.2 Å². The molecule has 6 rings (SSSR count). The van der Waals surface area contributed by atoms with Crippen molar-refractivity contribution in [3.63, 3.8) is 0 Å². The third kappa shape index (κ3) is 8.41. The number of nitrogens with two attached hydrogens (primary N) is 1. The minimum atomic E-state index is -3.05. The normalized spacial score (nSPS) is 39.1. The number of hydrogen-bond acceptors (Lipinski definition) is 8. The van der Waals surface area contributed by atoms with Gasteiger partial charge < -0.3 is 15.0 Å². The van der Waals surface area contributed by atoms with Crippen molar-refractivity contribution in [2.75, 3.05) is 25.4 Å². The van der Waals surface area contributed by atoms with Crippen LogP contribution in [0.4, 0.5) is 0 Å². The summed E-state index contributed by atoms with van der Waals surface area (Å²) in [5.41, 5.74) is 5.03. The Kier molecular flexibility index (Phi) is 12.7. The standard InChI is InChI=1S/C27H48NO7P2.C3H9N/c1-4-7-10-36(29)31-24-17-25(32-37(30,11-8-5-2)28-9-6-3)19-26(18-24)33-27(35-34-26)22-13-20-12-21(15-22)16-23(27)14-20;1-2-3-4/h20-25H,4-19H2,1-3H3,(H,28,30);2-4H2,1H3/q+1;/t20?,21?,22?,23?,24?,25?,26-,27?,37?;/m1./s1. The average molecular weight is 620 g/mol. The molecule has 0 amide bonds. The van der Waals surface area contributed by atoms with Crippen LogP contribution < -0.4 is 10.8 Å². The number of unbranched alkanes of at least 4 members (excludes halogenated alkanes) is 2. The van der Waals surface area contributed by atoms with Gasteiger partial charge in [-0.15, -0.1) is 4.52 Å². The van der Waals surface area contributed by atoms with Crippen LogP contribution in [0, 0.1) is 23.7 Å². The molecule has 0 radical (unpaired) electrons. The lowest BCUT2D eigenvalue weighted by atomic mass is 9.53. The van der Waals surface area contributed by atoms with E-state index in [0.29, 0.717) is 50.0 Å². The molecule has 6 aliphatic rings. The molecule has 4 bridgehead atoms. The summed E-state index contributed by atoms with van der Waals surface area (Å²) in [5.74, 6) is 0.554. The summed E-state index contributed by atoms with van der Waals surface area (Å²) in [5, 5.41) is 3.21. The van der Waals surface area contributed by atoms with Gasteiger partial charge in [0, 0.05) is 43.8 Å². The Morgan fingerprint density at radius 3 is 2.10 bits per heavy atom. The highest BCUT2D eigenvalue weighted by Crippen LogP contribution is 2.64. The van der Waals surface area contributed by atoms with Gasteiger partial charge in [0.05, 0.1) is 6.10 Å². The van der Waals surface area contributed by atoms with Crippen molar-refractivity contribution >= 4 is 15.5 Å².